The molecule has 0 spiro atoms. The van der Waals surface area contributed by atoms with Crippen LogP contribution in [-0.4, -0.2) is 76.3 Å². The second-order valence-corrected chi connectivity index (χ2v) is 9.29. The lowest BCUT2D eigenvalue weighted by Gasteiger charge is -2.36. The first-order valence-corrected chi connectivity index (χ1v) is 11.9. The second-order valence-electron chi connectivity index (χ2n) is 9.29. The number of rotatable bonds is 6. The van der Waals surface area contributed by atoms with Gasteiger partial charge in [-0.1, -0.05) is 0 Å². The lowest BCUT2D eigenvalue weighted by Crippen LogP contribution is -2.50. The Morgan fingerprint density at radius 3 is 2.59 bits per heavy atom. The molecule has 1 aliphatic carbocycles. The van der Waals surface area contributed by atoms with Crippen molar-refractivity contribution in [2.24, 2.45) is 13.0 Å². The summed E-state index contributed by atoms with van der Waals surface area (Å²) < 4.78 is 7.78. The first kappa shape index (κ1) is 22.6. The van der Waals surface area contributed by atoms with E-state index in [9.17, 15) is 19.2 Å². The van der Waals surface area contributed by atoms with Crippen molar-refractivity contribution in [3.05, 3.63) is 33.1 Å². The molecule has 34 heavy (non-hydrogen) atoms. The van der Waals surface area contributed by atoms with Crippen molar-refractivity contribution >= 4 is 28.5 Å². The number of nitrogens with one attached hydrogen (secondary N) is 1. The van der Waals surface area contributed by atoms with E-state index in [-0.39, 0.29) is 30.1 Å². The maximum atomic E-state index is 13.4. The number of pyridine rings is 1. The van der Waals surface area contributed by atoms with E-state index in [4.69, 9.17) is 4.74 Å². The highest BCUT2D eigenvalue weighted by molar-refractivity contribution is 5.89. The number of anilines is 1. The van der Waals surface area contributed by atoms with Crippen LogP contribution in [0.3, 0.4) is 0 Å². The Kier molecular flexibility index (Phi) is 6.11. The van der Waals surface area contributed by atoms with Gasteiger partial charge in [-0.05, 0) is 31.7 Å². The quantitative estimate of drug-likeness (QED) is 0.602. The molecule has 5 rings (SSSR count). The summed E-state index contributed by atoms with van der Waals surface area (Å²) in [6, 6.07) is 1.76. The van der Waals surface area contributed by atoms with Crippen molar-refractivity contribution in [2.45, 2.75) is 38.3 Å². The SMILES string of the molecule is Cn1c(=O)n(CC(=O)NC[C@@H]2CCCO2)c(=O)c2c(N3CCN(C(=O)C4CC4)CC3)ccnc21. The molecule has 2 amide bonds. The zero-order valence-corrected chi connectivity index (χ0v) is 19.4. The number of piperazine rings is 1. The van der Waals surface area contributed by atoms with Crippen LogP contribution < -0.4 is 21.5 Å². The van der Waals surface area contributed by atoms with E-state index < -0.39 is 17.2 Å². The van der Waals surface area contributed by atoms with Crippen molar-refractivity contribution in [3.63, 3.8) is 0 Å². The van der Waals surface area contributed by atoms with Gasteiger partial charge in [0.2, 0.25) is 11.8 Å². The largest absolute Gasteiger partial charge is 0.376 e. The van der Waals surface area contributed by atoms with Gasteiger partial charge >= 0.3 is 5.69 Å². The van der Waals surface area contributed by atoms with Gasteiger partial charge in [0.25, 0.3) is 5.56 Å². The third kappa shape index (κ3) is 4.31. The molecule has 3 fully saturated rings. The Morgan fingerprint density at radius 1 is 1.15 bits per heavy atom. The molecule has 2 aliphatic heterocycles. The lowest BCUT2D eigenvalue weighted by molar-refractivity contribution is -0.132. The number of hydrogen-bond acceptors (Lipinski definition) is 7. The summed E-state index contributed by atoms with van der Waals surface area (Å²) in [4.78, 5) is 59.5. The number of amides is 2. The van der Waals surface area contributed by atoms with E-state index in [1.807, 2.05) is 4.90 Å². The van der Waals surface area contributed by atoms with Crippen molar-refractivity contribution < 1.29 is 14.3 Å². The minimum Gasteiger partial charge on any atom is -0.376 e. The molecule has 1 atom stereocenters. The molecule has 0 bridgehead atoms. The van der Waals surface area contributed by atoms with Gasteiger partial charge in [0, 0.05) is 58.5 Å². The molecule has 182 valence electrons. The topological polar surface area (TPSA) is 119 Å². The van der Waals surface area contributed by atoms with E-state index in [1.165, 1.54) is 4.57 Å². The molecule has 1 N–H and O–H groups in total. The highest BCUT2D eigenvalue weighted by Gasteiger charge is 2.35. The number of nitrogens with zero attached hydrogens (tertiary/aromatic N) is 5. The van der Waals surface area contributed by atoms with Crippen LogP contribution in [0.5, 0.6) is 0 Å². The van der Waals surface area contributed by atoms with Gasteiger partial charge in [-0.25, -0.2) is 9.78 Å². The van der Waals surface area contributed by atoms with Crippen LogP contribution in [0.25, 0.3) is 11.0 Å². The molecule has 3 aliphatic rings. The standard InChI is InChI=1S/C23H30N6O5/c1-26-20-19(22(32)29(23(26)33)14-18(30)25-13-16-3-2-12-34-16)17(6-7-24-20)27-8-10-28(11-9-27)21(31)15-4-5-15/h6-7,15-16H,2-5,8-14H2,1H3,(H,25,30)/t16-/m0/s1. The van der Waals surface area contributed by atoms with Crippen LogP contribution in [0.2, 0.25) is 0 Å². The van der Waals surface area contributed by atoms with Gasteiger partial charge in [0.1, 0.15) is 11.9 Å². The smallest absolute Gasteiger partial charge is 0.332 e. The molecule has 1 saturated carbocycles. The predicted octanol–water partition coefficient (Wildman–Crippen LogP) is -0.551. The number of aryl methyl sites for hydroxylation is 1. The maximum absolute atomic E-state index is 13.4. The third-order valence-electron chi connectivity index (χ3n) is 6.91. The summed E-state index contributed by atoms with van der Waals surface area (Å²) in [7, 11) is 1.55. The van der Waals surface area contributed by atoms with Crippen LogP contribution >= 0.6 is 0 Å². The van der Waals surface area contributed by atoms with Crippen LogP contribution in [0.4, 0.5) is 5.69 Å². The van der Waals surface area contributed by atoms with Crippen LogP contribution in [0.1, 0.15) is 25.7 Å². The Hall–Kier alpha value is -3.21. The summed E-state index contributed by atoms with van der Waals surface area (Å²) >= 11 is 0. The summed E-state index contributed by atoms with van der Waals surface area (Å²) in [6.45, 7) is 3.02. The van der Waals surface area contributed by atoms with Gasteiger partial charge in [-0.2, -0.15) is 0 Å². The molecule has 11 nitrogen and oxygen atoms in total. The molecule has 11 heteroatoms. The second kappa shape index (κ2) is 9.21. The van der Waals surface area contributed by atoms with Crippen LogP contribution in [0, 0.1) is 5.92 Å². The number of carbonyl (C=O) groups excluding carboxylic acids is 2. The van der Waals surface area contributed by atoms with Crippen molar-refractivity contribution in [1.29, 1.82) is 0 Å². The first-order chi connectivity index (χ1) is 16.4. The molecule has 0 unspecified atom stereocenters. The molecular formula is C23H30N6O5. The van der Waals surface area contributed by atoms with Crippen molar-refractivity contribution in [1.82, 2.24) is 24.3 Å². The third-order valence-corrected chi connectivity index (χ3v) is 6.91. The summed E-state index contributed by atoms with van der Waals surface area (Å²) in [6.07, 6.45) is 5.35. The van der Waals surface area contributed by atoms with Gasteiger partial charge < -0.3 is 19.9 Å². The number of carbonyl (C=O) groups is 2. The number of hydrogen-bond donors (Lipinski definition) is 1. The summed E-state index contributed by atoms with van der Waals surface area (Å²) in [5.74, 6) is -0.00823. The molecule has 2 aromatic heterocycles. The Labute approximate surface area is 196 Å². The molecular weight excluding hydrogens is 440 g/mol. The fourth-order valence-corrected chi connectivity index (χ4v) is 4.79. The summed E-state index contributed by atoms with van der Waals surface area (Å²) in [5.41, 5.74) is -0.183. The predicted molar refractivity (Wildman–Crippen MR) is 125 cm³/mol. The zero-order chi connectivity index (χ0) is 23.8. The van der Waals surface area contributed by atoms with E-state index in [0.29, 0.717) is 50.4 Å². The number of fused-ring (bicyclic) bond motifs is 1. The lowest BCUT2D eigenvalue weighted by atomic mass is 10.2. The fraction of sp³-hybridized carbons (Fsp3) is 0.609. The molecule has 0 radical (unpaired) electrons. The van der Waals surface area contributed by atoms with Crippen LogP contribution in [0.15, 0.2) is 21.9 Å². The Bertz CT molecular complexity index is 1220. The van der Waals surface area contributed by atoms with Gasteiger partial charge in [0.15, 0.2) is 5.65 Å². The normalized spacial score (nSPS) is 20.7. The highest BCUT2D eigenvalue weighted by Crippen LogP contribution is 2.32. The molecule has 4 heterocycles. The summed E-state index contributed by atoms with van der Waals surface area (Å²) in [5, 5.41) is 3.07. The Morgan fingerprint density at radius 2 is 1.91 bits per heavy atom. The molecule has 2 saturated heterocycles. The molecule has 0 aromatic carbocycles. The monoisotopic (exact) mass is 470 g/mol. The van der Waals surface area contributed by atoms with E-state index in [0.717, 1.165) is 30.3 Å². The average Bonchev–Trinajstić information content (AvgIpc) is 3.58. The minimum absolute atomic E-state index is 0.0265. The molecule has 2 aromatic rings. The van der Waals surface area contributed by atoms with Crippen molar-refractivity contribution in [3.8, 4) is 0 Å². The van der Waals surface area contributed by atoms with Gasteiger partial charge in [0.05, 0.1) is 11.8 Å². The zero-order valence-electron chi connectivity index (χ0n) is 19.4. The van der Waals surface area contributed by atoms with E-state index >= 15 is 0 Å². The van der Waals surface area contributed by atoms with E-state index in [2.05, 4.69) is 15.2 Å². The van der Waals surface area contributed by atoms with Crippen molar-refractivity contribution in [2.75, 3.05) is 44.2 Å². The Balaban J connectivity index is 1.39. The number of aromatic nitrogens is 3. The maximum Gasteiger partial charge on any atom is 0.332 e. The van der Waals surface area contributed by atoms with E-state index in [1.54, 1.807) is 19.3 Å². The average molecular weight is 471 g/mol. The van der Waals surface area contributed by atoms with Crippen LogP contribution in [-0.2, 0) is 27.9 Å². The van der Waals surface area contributed by atoms with Gasteiger partial charge in [-0.15, -0.1) is 0 Å². The fourth-order valence-electron chi connectivity index (χ4n) is 4.79. The number of ether oxygens (including phenoxy) is 1. The van der Waals surface area contributed by atoms with Gasteiger partial charge in [-0.3, -0.25) is 23.5 Å². The first-order valence-electron chi connectivity index (χ1n) is 11.9. The minimum atomic E-state index is -0.589. The highest BCUT2D eigenvalue weighted by atomic mass is 16.5.